The van der Waals surface area contributed by atoms with E-state index in [0.29, 0.717) is 43.3 Å². The van der Waals surface area contributed by atoms with Gasteiger partial charge in [-0.1, -0.05) is 30.8 Å². The average molecular weight is 430 g/mol. The summed E-state index contributed by atoms with van der Waals surface area (Å²) in [5.41, 5.74) is 0.730. The summed E-state index contributed by atoms with van der Waals surface area (Å²) < 4.78 is 1.42. The van der Waals surface area contributed by atoms with Crippen LogP contribution in [0.1, 0.15) is 27.8 Å². The smallest absolute Gasteiger partial charge is 0.266 e. The molecule has 0 atom stereocenters. The Bertz CT molecular complexity index is 1350. The molecule has 8 nitrogen and oxygen atoms in total. The van der Waals surface area contributed by atoms with E-state index in [-0.39, 0.29) is 23.1 Å². The van der Waals surface area contributed by atoms with Gasteiger partial charge in [-0.2, -0.15) is 0 Å². The van der Waals surface area contributed by atoms with Crippen LogP contribution in [0.25, 0.3) is 10.8 Å². The second-order valence-electron chi connectivity index (χ2n) is 8.19. The summed E-state index contributed by atoms with van der Waals surface area (Å²) in [6, 6.07) is 10.7. The third-order valence-corrected chi connectivity index (χ3v) is 6.28. The Morgan fingerprint density at radius 3 is 2.72 bits per heavy atom. The fourth-order valence-corrected chi connectivity index (χ4v) is 4.56. The number of fused-ring (bicyclic) bond motifs is 2. The number of phenols is 1. The van der Waals surface area contributed by atoms with E-state index >= 15 is 0 Å². The van der Waals surface area contributed by atoms with E-state index in [1.54, 1.807) is 29.0 Å². The molecule has 2 aliphatic heterocycles. The quantitative estimate of drug-likeness (QED) is 0.641. The summed E-state index contributed by atoms with van der Waals surface area (Å²) in [6.07, 6.45) is 1.70. The van der Waals surface area contributed by atoms with E-state index in [1.807, 2.05) is 24.3 Å². The number of likely N-dealkylation sites (tertiary alicyclic amines) is 1. The molecular formula is C24H22N4O4. The summed E-state index contributed by atoms with van der Waals surface area (Å²) >= 11 is 0. The zero-order valence-electron chi connectivity index (χ0n) is 17.6. The van der Waals surface area contributed by atoms with Crippen molar-refractivity contribution >= 4 is 28.3 Å². The summed E-state index contributed by atoms with van der Waals surface area (Å²) in [6.45, 7) is 4.79. The number of nitrogens with zero attached hydrogens (tertiary/aromatic N) is 4. The Hall–Kier alpha value is -3.94. The van der Waals surface area contributed by atoms with Gasteiger partial charge in [0, 0.05) is 44.6 Å². The summed E-state index contributed by atoms with van der Waals surface area (Å²) in [5, 5.41) is 11.8. The van der Waals surface area contributed by atoms with E-state index in [0.717, 1.165) is 10.8 Å². The maximum atomic E-state index is 13.4. The van der Waals surface area contributed by atoms with Crippen molar-refractivity contribution in [3.8, 4) is 5.75 Å². The molecular weight excluding hydrogens is 408 g/mol. The molecule has 5 rings (SSSR count). The molecule has 162 valence electrons. The highest BCUT2D eigenvalue weighted by atomic mass is 16.3. The maximum absolute atomic E-state index is 13.4. The first kappa shape index (κ1) is 20.0. The topological polar surface area (TPSA) is 95.7 Å². The van der Waals surface area contributed by atoms with Crippen molar-refractivity contribution in [2.75, 3.05) is 24.5 Å². The highest BCUT2D eigenvalue weighted by Gasteiger charge is 2.37. The number of benzene rings is 2. The van der Waals surface area contributed by atoms with Crippen LogP contribution >= 0.6 is 0 Å². The van der Waals surface area contributed by atoms with Gasteiger partial charge in [0.25, 0.3) is 11.5 Å². The van der Waals surface area contributed by atoms with Crippen LogP contribution in [0.2, 0.25) is 0 Å². The second kappa shape index (κ2) is 7.33. The third-order valence-electron chi connectivity index (χ3n) is 6.28. The van der Waals surface area contributed by atoms with Gasteiger partial charge in [0.15, 0.2) is 0 Å². The van der Waals surface area contributed by atoms with Crippen molar-refractivity contribution in [3.63, 3.8) is 0 Å². The summed E-state index contributed by atoms with van der Waals surface area (Å²) in [4.78, 5) is 46.2. The maximum Gasteiger partial charge on any atom is 0.266 e. The van der Waals surface area contributed by atoms with Crippen LogP contribution in [0.3, 0.4) is 0 Å². The number of anilines is 1. The molecule has 2 amide bonds. The SMILES string of the molecule is C=CC(=O)N1CC(c2nc3c(c(=O)n2C)C(=O)N(c2cc(O)cc4ccccc24)CC3)C1. The van der Waals surface area contributed by atoms with Crippen LogP contribution in [0.15, 0.2) is 53.8 Å². The largest absolute Gasteiger partial charge is 0.508 e. The number of carbonyl (C=O) groups is 2. The molecule has 0 radical (unpaired) electrons. The fourth-order valence-electron chi connectivity index (χ4n) is 4.56. The lowest BCUT2D eigenvalue weighted by atomic mass is 9.97. The molecule has 1 N–H and O–H groups in total. The molecule has 1 saturated heterocycles. The lowest BCUT2D eigenvalue weighted by molar-refractivity contribution is -0.130. The van der Waals surface area contributed by atoms with Crippen LogP contribution in [0.4, 0.5) is 5.69 Å². The van der Waals surface area contributed by atoms with Gasteiger partial charge >= 0.3 is 0 Å². The summed E-state index contributed by atoms with van der Waals surface area (Å²) in [5.74, 6) is 0.0327. The molecule has 0 bridgehead atoms. The first-order chi connectivity index (χ1) is 15.4. The Morgan fingerprint density at radius 1 is 1.22 bits per heavy atom. The van der Waals surface area contributed by atoms with Crippen molar-refractivity contribution < 1.29 is 14.7 Å². The number of phenolic OH excluding ortho intramolecular Hbond substituents is 1. The van der Waals surface area contributed by atoms with Crippen LogP contribution in [0, 0.1) is 0 Å². The van der Waals surface area contributed by atoms with Gasteiger partial charge < -0.3 is 14.9 Å². The first-order valence-electron chi connectivity index (χ1n) is 10.4. The van der Waals surface area contributed by atoms with E-state index in [1.165, 1.54) is 10.6 Å². The zero-order valence-corrected chi connectivity index (χ0v) is 17.6. The molecule has 1 fully saturated rings. The molecule has 3 aromatic rings. The van der Waals surface area contributed by atoms with E-state index in [2.05, 4.69) is 11.6 Å². The summed E-state index contributed by atoms with van der Waals surface area (Å²) in [7, 11) is 1.61. The molecule has 2 aliphatic rings. The third kappa shape index (κ3) is 2.98. The van der Waals surface area contributed by atoms with Crippen molar-refractivity contribution in [1.82, 2.24) is 14.5 Å². The molecule has 0 unspecified atom stereocenters. The minimum absolute atomic E-state index is 0.0509. The van der Waals surface area contributed by atoms with Crippen molar-refractivity contribution in [3.05, 3.63) is 76.5 Å². The van der Waals surface area contributed by atoms with Gasteiger partial charge in [-0.3, -0.25) is 19.0 Å². The number of aromatic hydroxyl groups is 1. The second-order valence-corrected chi connectivity index (χ2v) is 8.19. The molecule has 8 heteroatoms. The predicted octanol–water partition coefficient (Wildman–Crippen LogP) is 1.95. The Kier molecular flexibility index (Phi) is 4.58. The highest BCUT2D eigenvalue weighted by Crippen LogP contribution is 2.34. The number of aromatic nitrogens is 2. The number of carbonyl (C=O) groups excluding carboxylic acids is 2. The van der Waals surface area contributed by atoms with Gasteiger partial charge in [0.1, 0.15) is 17.1 Å². The number of hydrogen-bond acceptors (Lipinski definition) is 5. The monoisotopic (exact) mass is 430 g/mol. The Morgan fingerprint density at radius 2 is 1.97 bits per heavy atom. The van der Waals surface area contributed by atoms with Crippen LogP contribution < -0.4 is 10.5 Å². The molecule has 0 saturated carbocycles. The number of amides is 2. The minimum atomic E-state index is -0.418. The van der Waals surface area contributed by atoms with Crippen LogP contribution in [-0.4, -0.2) is 51.0 Å². The van der Waals surface area contributed by atoms with Crippen molar-refractivity contribution in [1.29, 1.82) is 0 Å². The van der Waals surface area contributed by atoms with Gasteiger partial charge in [-0.25, -0.2) is 4.98 Å². The highest BCUT2D eigenvalue weighted by molar-refractivity contribution is 6.12. The molecule has 0 aliphatic carbocycles. The lowest BCUT2D eigenvalue weighted by Crippen LogP contribution is -2.51. The minimum Gasteiger partial charge on any atom is -0.508 e. The predicted molar refractivity (Wildman–Crippen MR) is 120 cm³/mol. The molecule has 32 heavy (non-hydrogen) atoms. The van der Waals surface area contributed by atoms with Crippen LogP contribution in [0.5, 0.6) is 5.75 Å². The molecule has 3 heterocycles. The van der Waals surface area contributed by atoms with Crippen LogP contribution in [-0.2, 0) is 18.3 Å². The van der Waals surface area contributed by atoms with Gasteiger partial charge in [0.05, 0.1) is 17.3 Å². The Balaban J connectivity index is 1.52. The molecule has 2 aromatic carbocycles. The number of hydrogen-bond donors (Lipinski definition) is 1. The molecule has 0 spiro atoms. The van der Waals surface area contributed by atoms with Crippen molar-refractivity contribution in [2.24, 2.45) is 7.05 Å². The lowest BCUT2D eigenvalue weighted by Gasteiger charge is -2.39. The zero-order chi connectivity index (χ0) is 22.6. The van der Waals surface area contributed by atoms with Gasteiger partial charge in [-0.15, -0.1) is 0 Å². The first-order valence-corrected chi connectivity index (χ1v) is 10.4. The van der Waals surface area contributed by atoms with E-state index in [4.69, 9.17) is 0 Å². The average Bonchev–Trinajstić information content (AvgIpc) is 2.75. The van der Waals surface area contributed by atoms with E-state index in [9.17, 15) is 19.5 Å². The van der Waals surface area contributed by atoms with Gasteiger partial charge in [0.2, 0.25) is 5.91 Å². The molecule has 1 aromatic heterocycles. The fraction of sp³-hybridized carbons (Fsp3) is 0.250. The number of rotatable bonds is 3. The van der Waals surface area contributed by atoms with Gasteiger partial charge in [-0.05, 0) is 17.5 Å². The standard InChI is InChI=1S/C24H22N4O4/c1-3-20(30)27-12-15(13-27)22-25-18-8-9-28(24(32)21(18)23(31)26(22)2)19-11-16(29)10-14-6-4-5-7-17(14)19/h3-7,10-11,15,29H,1,8-9,12-13H2,2H3. The Labute approximate surface area is 184 Å². The van der Waals surface area contributed by atoms with Crippen molar-refractivity contribution in [2.45, 2.75) is 12.3 Å². The van der Waals surface area contributed by atoms with E-state index < -0.39 is 11.5 Å². The normalized spacial score (nSPS) is 16.1.